The lowest BCUT2D eigenvalue weighted by Gasteiger charge is -2.28. The van der Waals surface area contributed by atoms with Crippen molar-refractivity contribution < 1.29 is 13.6 Å². The van der Waals surface area contributed by atoms with Gasteiger partial charge in [0, 0.05) is 13.2 Å². The molecular formula is C22H48O3Si. The third kappa shape index (κ3) is 15.2. The highest BCUT2D eigenvalue weighted by atomic mass is 28.4. The first kappa shape index (κ1) is 26.1. The highest BCUT2D eigenvalue weighted by Crippen LogP contribution is 2.19. The van der Waals surface area contributed by atoms with Crippen LogP contribution in [0, 0.1) is 0 Å². The minimum absolute atomic E-state index is 0.681. The summed E-state index contributed by atoms with van der Waals surface area (Å²) in [5, 5.41) is 0. The molecule has 0 aromatic heterocycles. The van der Waals surface area contributed by atoms with Crippen molar-refractivity contribution in [2.45, 2.75) is 117 Å². The Kier molecular flexibility index (Phi) is 19.9. The zero-order chi connectivity index (χ0) is 19.3. The Balaban J connectivity index is 3.52. The number of hydrogen-bond donors (Lipinski definition) is 0. The summed E-state index contributed by atoms with van der Waals surface area (Å²) in [7, 11) is -1.97. The summed E-state index contributed by atoms with van der Waals surface area (Å²) in [5.74, 6) is 0. The van der Waals surface area contributed by atoms with Crippen LogP contribution in [0.3, 0.4) is 0 Å². The van der Waals surface area contributed by atoms with Crippen molar-refractivity contribution in [1.29, 1.82) is 0 Å². The largest absolute Gasteiger partial charge is 0.394 e. The molecule has 26 heavy (non-hydrogen) atoms. The Morgan fingerprint density at radius 1 is 0.500 bits per heavy atom. The van der Waals surface area contributed by atoms with Crippen LogP contribution in [0.5, 0.6) is 0 Å². The first-order valence-electron chi connectivity index (χ1n) is 11.6. The molecule has 0 heterocycles. The van der Waals surface area contributed by atoms with E-state index >= 15 is 0 Å². The van der Waals surface area contributed by atoms with Gasteiger partial charge in [-0.25, -0.2) is 0 Å². The van der Waals surface area contributed by atoms with Gasteiger partial charge < -0.3 is 13.6 Å². The Labute approximate surface area is 165 Å². The lowest BCUT2D eigenvalue weighted by molar-refractivity contribution is 0.0846. The quantitative estimate of drug-likeness (QED) is 0.153. The molecule has 0 aliphatic carbocycles. The predicted molar refractivity (Wildman–Crippen MR) is 116 cm³/mol. The van der Waals surface area contributed by atoms with Crippen LogP contribution in [0.25, 0.3) is 0 Å². The second-order valence-electron chi connectivity index (χ2n) is 7.40. The summed E-state index contributed by atoms with van der Waals surface area (Å²) in [6.45, 7) is 11.7. The van der Waals surface area contributed by atoms with Gasteiger partial charge in [-0.2, -0.15) is 0 Å². The van der Waals surface area contributed by atoms with Gasteiger partial charge in [0.05, 0.1) is 13.2 Å². The zero-order valence-electron chi connectivity index (χ0n) is 18.5. The van der Waals surface area contributed by atoms with E-state index in [9.17, 15) is 0 Å². The molecule has 0 N–H and O–H groups in total. The number of rotatable bonds is 21. The maximum Gasteiger partial charge on any atom is 0.337 e. The standard InChI is InChI=1S/C22H48O3Si/c1-5-9-10-11-12-13-14-15-16-17-18-19-20-24-26(7-3,8-4)25-22-21-23-6-2/h5-22H2,1-4H3. The fourth-order valence-corrected chi connectivity index (χ4v) is 5.70. The molecule has 0 aromatic carbocycles. The van der Waals surface area contributed by atoms with Gasteiger partial charge in [0.25, 0.3) is 0 Å². The molecule has 0 radical (unpaired) electrons. The lowest BCUT2D eigenvalue weighted by Crippen LogP contribution is -2.42. The average Bonchev–Trinajstić information content (AvgIpc) is 2.67. The summed E-state index contributed by atoms with van der Waals surface area (Å²) < 4.78 is 17.8. The van der Waals surface area contributed by atoms with Crippen LogP contribution in [0.2, 0.25) is 12.1 Å². The number of ether oxygens (including phenoxy) is 1. The van der Waals surface area contributed by atoms with Crippen LogP contribution >= 0.6 is 0 Å². The van der Waals surface area contributed by atoms with Crippen molar-refractivity contribution in [3.63, 3.8) is 0 Å². The molecule has 0 atom stereocenters. The molecule has 0 saturated carbocycles. The van der Waals surface area contributed by atoms with Gasteiger partial charge in [0.1, 0.15) is 0 Å². The van der Waals surface area contributed by atoms with Gasteiger partial charge in [-0.3, -0.25) is 0 Å². The number of unbranched alkanes of at least 4 members (excludes halogenated alkanes) is 11. The van der Waals surface area contributed by atoms with E-state index in [1.165, 1.54) is 77.0 Å². The molecule has 0 rings (SSSR count). The highest BCUT2D eigenvalue weighted by molar-refractivity contribution is 6.67. The fourth-order valence-electron chi connectivity index (χ4n) is 3.33. The van der Waals surface area contributed by atoms with Crippen LogP contribution in [-0.2, 0) is 13.6 Å². The minimum Gasteiger partial charge on any atom is -0.394 e. The molecule has 0 saturated heterocycles. The molecule has 3 nitrogen and oxygen atoms in total. The van der Waals surface area contributed by atoms with Crippen molar-refractivity contribution in [3.8, 4) is 0 Å². The number of hydrogen-bond acceptors (Lipinski definition) is 3. The third-order valence-electron chi connectivity index (χ3n) is 5.24. The molecule has 0 amide bonds. The van der Waals surface area contributed by atoms with E-state index in [0.29, 0.717) is 13.2 Å². The Hall–Kier alpha value is 0.0969. The van der Waals surface area contributed by atoms with E-state index in [4.69, 9.17) is 13.6 Å². The molecule has 0 aliphatic heterocycles. The van der Waals surface area contributed by atoms with Gasteiger partial charge in [0.2, 0.25) is 0 Å². The Morgan fingerprint density at radius 3 is 1.42 bits per heavy atom. The molecule has 0 aliphatic rings. The van der Waals surface area contributed by atoms with Crippen LogP contribution in [-0.4, -0.2) is 35.0 Å². The van der Waals surface area contributed by atoms with E-state index in [0.717, 1.165) is 25.3 Å². The second kappa shape index (κ2) is 19.8. The third-order valence-corrected chi connectivity index (χ3v) is 8.85. The maximum absolute atomic E-state index is 6.26. The average molecular weight is 389 g/mol. The summed E-state index contributed by atoms with van der Waals surface area (Å²) in [5.41, 5.74) is 0. The van der Waals surface area contributed by atoms with Crippen molar-refractivity contribution in [3.05, 3.63) is 0 Å². The zero-order valence-corrected chi connectivity index (χ0v) is 19.5. The smallest absolute Gasteiger partial charge is 0.337 e. The first-order chi connectivity index (χ1) is 12.7. The SMILES string of the molecule is CCCCCCCCCCCCCCO[Si](CC)(CC)OCCOCC. The molecule has 0 aromatic rings. The van der Waals surface area contributed by atoms with E-state index in [-0.39, 0.29) is 0 Å². The Morgan fingerprint density at radius 2 is 0.962 bits per heavy atom. The topological polar surface area (TPSA) is 27.7 Å². The maximum atomic E-state index is 6.26. The van der Waals surface area contributed by atoms with Crippen molar-refractivity contribution in [2.75, 3.05) is 26.4 Å². The van der Waals surface area contributed by atoms with Gasteiger partial charge in [-0.15, -0.1) is 0 Å². The Bertz CT molecular complexity index is 270. The predicted octanol–water partition coefficient (Wildman–Crippen LogP) is 7.24. The summed E-state index contributed by atoms with van der Waals surface area (Å²) in [6.07, 6.45) is 16.6. The van der Waals surface area contributed by atoms with Crippen LogP contribution in [0.15, 0.2) is 0 Å². The molecule has 4 heteroatoms. The van der Waals surface area contributed by atoms with Gasteiger partial charge in [0.15, 0.2) is 0 Å². The summed E-state index contributed by atoms with van der Waals surface area (Å²) in [4.78, 5) is 0. The first-order valence-corrected chi connectivity index (χ1v) is 13.8. The molecule has 158 valence electrons. The van der Waals surface area contributed by atoms with Crippen molar-refractivity contribution >= 4 is 8.56 Å². The molecule has 0 bridgehead atoms. The van der Waals surface area contributed by atoms with Crippen molar-refractivity contribution in [2.24, 2.45) is 0 Å². The van der Waals surface area contributed by atoms with E-state index in [2.05, 4.69) is 20.8 Å². The van der Waals surface area contributed by atoms with Gasteiger partial charge in [-0.1, -0.05) is 91.4 Å². The lowest BCUT2D eigenvalue weighted by atomic mass is 10.1. The van der Waals surface area contributed by atoms with E-state index in [1.807, 2.05) is 6.92 Å². The van der Waals surface area contributed by atoms with E-state index < -0.39 is 8.56 Å². The van der Waals surface area contributed by atoms with Crippen LogP contribution in [0.1, 0.15) is 105 Å². The molecule has 0 fully saturated rings. The second-order valence-corrected chi connectivity index (χ2v) is 11.2. The van der Waals surface area contributed by atoms with Gasteiger partial charge >= 0.3 is 8.56 Å². The van der Waals surface area contributed by atoms with Crippen molar-refractivity contribution in [1.82, 2.24) is 0 Å². The molecule has 0 spiro atoms. The summed E-state index contributed by atoms with van der Waals surface area (Å²) >= 11 is 0. The van der Waals surface area contributed by atoms with Crippen LogP contribution in [0.4, 0.5) is 0 Å². The molecule has 0 unspecified atom stereocenters. The monoisotopic (exact) mass is 388 g/mol. The van der Waals surface area contributed by atoms with Gasteiger partial charge in [-0.05, 0) is 25.4 Å². The fraction of sp³-hybridized carbons (Fsp3) is 1.00. The summed E-state index contributed by atoms with van der Waals surface area (Å²) in [6, 6.07) is 2.07. The highest BCUT2D eigenvalue weighted by Gasteiger charge is 2.33. The van der Waals surface area contributed by atoms with E-state index in [1.54, 1.807) is 0 Å². The normalized spacial score (nSPS) is 12.0. The van der Waals surface area contributed by atoms with Crippen LogP contribution < -0.4 is 0 Å². The molecular weight excluding hydrogens is 340 g/mol. The minimum atomic E-state index is -1.97.